The molecule has 4 nitrogen and oxygen atoms in total. The number of halogens is 2. The largest absolute Gasteiger partial charge is 0.457 e. The Labute approximate surface area is 160 Å². The summed E-state index contributed by atoms with van der Waals surface area (Å²) in [5.41, 5.74) is 0.684. The zero-order valence-electron chi connectivity index (χ0n) is 13.2. The third-order valence-corrected chi connectivity index (χ3v) is 5.98. The molecule has 0 unspecified atom stereocenters. The van der Waals surface area contributed by atoms with E-state index in [1.54, 1.807) is 54.6 Å². The Hall–Kier alpha value is -2.52. The fourth-order valence-electron chi connectivity index (χ4n) is 2.26. The Morgan fingerprint density at radius 1 is 1.00 bits per heavy atom. The van der Waals surface area contributed by atoms with Gasteiger partial charge in [0.1, 0.15) is 17.6 Å². The maximum atomic E-state index is 12.6. The van der Waals surface area contributed by atoms with E-state index in [-0.39, 0.29) is 10.7 Å². The van der Waals surface area contributed by atoms with E-state index >= 15 is 0 Å². The van der Waals surface area contributed by atoms with Gasteiger partial charge < -0.3 is 4.42 Å². The Morgan fingerprint density at radius 2 is 1.73 bits per heavy atom. The smallest absolute Gasteiger partial charge is 0.216 e. The highest BCUT2D eigenvalue weighted by molar-refractivity contribution is 7.95. The molecule has 2 aromatic carbocycles. The van der Waals surface area contributed by atoms with Gasteiger partial charge in [-0.1, -0.05) is 41.4 Å². The van der Waals surface area contributed by atoms with Crippen molar-refractivity contribution in [3.05, 3.63) is 81.4 Å². The lowest BCUT2D eigenvalue weighted by atomic mass is 10.2. The standard InChI is InChI=1S/C19H11Cl2NO3S/c20-17-8-6-13(10-18(17)21)19-9-7-14(25-19)11-16(12-22)26(23,24)15-4-2-1-3-5-15/h1-11H/b16-11+. The van der Waals surface area contributed by atoms with Crippen molar-refractivity contribution in [3.8, 4) is 17.4 Å². The summed E-state index contributed by atoms with van der Waals surface area (Å²) in [6.45, 7) is 0. The Kier molecular flexibility index (Phi) is 5.19. The molecule has 0 N–H and O–H groups in total. The van der Waals surface area contributed by atoms with E-state index in [1.807, 2.05) is 0 Å². The molecule has 1 heterocycles. The van der Waals surface area contributed by atoms with Crippen LogP contribution < -0.4 is 0 Å². The normalized spacial score (nSPS) is 12.0. The van der Waals surface area contributed by atoms with Crippen LogP contribution in [-0.2, 0) is 9.84 Å². The molecule has 0 aliphatic carbocycles. The van der Waals surface area contributed by atoms with E-state index in [2.05, 4.69) is 0 Å². The van der Waals surface area contributed by atoms with Crippen LogP contribution in [0.25, 0.3) is 17.4 Å². The average molecular weight is 404 g/mol. The van der Waals surface area contributed by atoms with E-state index in [0.29, 0.717) is 21.4 Å². The molecular formula is C19H11Cl2NO3S. The minimum Gasteiger partial charge on any atom is -0.457 e. The third-order valence-electron chi connectivity index (χ3n) is 3.56. The number of furan rings is 1. The lowest BCUT2D eigenvalue weighted by Crippen LogP contribution is -2.03. The van der Waals surface area contributed by atoms with Crippen molar-refractivity contribution in [2.75, 3.05) is 0 Å². The van der Waals surface area contributed by atoms with Crippen molar-refractivity contribution in [1.82, 2.24) is 0 Å². The van der Waals surface area contributed by atoms with E-state index in [0.717, 1.165) is 0 Å². The summed E-state index contributed by atoms with van der Waals surface area (Å²) in [6, 6.07) is 17.7. The minimum atomic E-state index is -3.92. The van der Waals surface area contributed by atoms with Gasteiger partial charge in [0.15, 0.2) is 4.91 Å². The topological polar surface area (TPSA) is 71.1 Å². The fourth-order valence-corrected chi connectivity index (χ4v) is 3.72. The molecule has 0 fully saturated rings. The molecule has 0 saturated carbocycles. The molecule has 1 aromatic heterocycles. The van der Waals surface area contributed by atoms with Gasteiger partial charge in [0.05, 0.1) is 14.9 Å². The minimum absolute atomic E-state index is 0.0454. The maximum absolute atomic E-state index is 12.6. The summed E-state index contributed by atoms with van der Waals surface area (Å²) >= 11 is 11.9. The average Bonchev–Trinajstić information content (AvgIpc) is 3.11. The quantitative estimate of drug-likeness (QED) is 0.532. The summed E-state index contributed by atoms with van der Waals surface area (Å²) in [5.74, 6) is 0.714. The second kappa shape index (κ2) is 7.38. The predicted molar refractivity (Wildman–Crippen MR) is 101 cm³/mol. The van der Waals surface area contributed by atoms with Crippen molar-refractivity contribution >= 4 is 39.1 Å². The molecule has 3 rings (SSSR count). The summed E-state index contributed by atoms with van der Waals surface area (Å²) < 4.78 is 30.8. The van der Waals surface area contributed by atoms with Gasteiger partial charge >= 0.3 is 0 Å². The predicted octanol–water partition coefficient (Wildman–Crippen LogP) is 5.59. The summed E-state index contributed by atoms with van der Waals surface area (Å²) in [7, 11) is -3.92. The first-order valence-electron chi connectivity index (χ1n) is 7.39. The van der Waals surface area contributed by atoms with Crippen LogP contribution in [0.3, 0.4) is 0 Å². The van der Waals surface area contributed by atoms with Crippen molar-refractivity contribution in [1.29, 1.82) is 5.26 Å². The molecule has 130 valence electrons. The molecule has 0 atom stereocenters. The second-order valence-electron chi connectivity index (χ2n) is 5.27. The lowest BCUT2D eigenvalue weighted by molar-refractivity contribution is 0.571. The van der Waals surface area contributed by atoms with Crippen LogP contribution in [0.1, 0.15) is 5.76 Å². The molecule has 0 spiro atoms. The molecule has 0 radical (unpaired) electrons. The van der Waals surface area contributed by atoms with Crippen LogP contribution in [0.5, 0.6) is 0 Å². The summed E-state index contributed by atoms with van der Waals surface area (Å²) in [4.78, 5) is -0.359. The SMILES string of the molecule is N#C/C(=C\c1ccc(-c2ccc(Cl)c(Cl)c2)o1)S(=O)(=O)c1ccccc1. The van der Waals surface area contributed by atoms with Gasteiger partial charge in [0.25, 0.3) is 0 Å². The first-order valence-corrected chi connectivity index (χ1v) is 9.63. The molecule has 0 aliphatic rings. The van der Waals surface area contributed by atoms with E-state index < -0.39 is 14.7 Å². The Bertz CT molecular complexity index is 1130. The number of nitrogens with zero attached hydrogens (tertiary/aromatic N) is 1. The molecule has 7 heteroatoms. The van der Waals surface area contributed by atoms with Gasteiger partial charge in [0, 0.05) is 11.6 Å². The fraction of sp³-hybridized carbons (Fsp3) is 0. The molecule has 0 saturated heterocycles. The second-order valence-corrected chi connectivity index (χ2v) is 8.00. The summed E-state index contributed by atoms with van der Waals surface area (Å²) in [6.07, 6.45) is 1.20. The molecule has 26 heavy (non-hydrogen) atoms. The number of hydrogen-bond donors (Lipinski definition) is 0. The number of allylic oxidation sites excluding steroid dienone is 1. The van der Waals surface area contributed by atoms with Crippen molar-refractivity contribution in [2.45, 2.75) is 4.90 Å². The number of benzene rings is 2. The van der Waals surface area contributed by atoms with Gasteiger partial charge in [-0.05, 0) is 42.5 Å². The van der Waals surface area contributed by atoms with Crippen LogP contribution in [-0.4, -0.2) is 8.42 Å². The summed E-state index contributed by atoms with van der Waals surface area (Å²) in [5, 5.41) is 10.1. The highest BCUT2D eigenvalue weighted by Crippen LogP contribution is 2.30. The van der Waals surface area contributed by atoms with E-state index in [9.17, 15) is 13.7 Å². The number of hydrogen-bond acceptors (Lipinski definition) is 4. The first kappa shape index (κ1) is 18.3. The van der Waals surface area contributed by atoms with E-state index in [1.165, 1.54) is 18.2 Å². The van der Waals surface area contributed by atoms with Gasteiger partial charge in [-0.25, -0.2) is 8.42 Å². The van der Waals surface area contributed by atoms with Crippen LogP contribution >= 0.6 is 23.2 Å². The van der Waals surface area contributed by atoms with Gasteiger partial charge in [0.2, 0.25) is 9.84 Å². The maximum Gasteiger partial charge on any atom is 0.216 e. The highest BCUT2D eigenvalue weighted by Gasteiger charge is 2.21. The Balaban J connectivity index is 1.98. The molecular weight excluding hydrogens is 393 g/mol. The van der Waals surface area contributed by atoms with Gasteiger partial charge in [-0.15, -0.1) is 0 Å². The van der Waals surface area contributed by atoms with Crippen LogP contribution in [0, 0.1) is 11.3 Å². The monoisotopic (exact) mass is 403 g/mol. The van der Waals surface area contributed by atoms with Crippen LogP contribution in [0.2, 0.25) is 10.0 Å². The number of sulfone groups is 1. The molecule has 0 aliphatic heterocycles. The highest BCUT2D eigenvalue weighted by atomic mass is 35.5. The third kappa shape index (κ3) is 3.68. The number of rotatable bonds is 4. The van der Waals surface area contributed by atoms with Crippen LogP contribution in [0.15, 0.2) is 74.9 Å². The van der Waals surface area contributed by atoms with Gasteiger partial charge in [-0.2, -0.15) is 5.26 Å². The van der Waals surface area contributed by atoms with Crippen LogP contribution in [0.4, 0.5) is 0 Å². The number of nitriles is 1. The molecule has 3 aromatic rings. The zero-order valence-corrected chi connectivity index (χ0v) is 15.5. The Morgan fingerprint density at radius 3 is 2.38 bits per heavy atom. The zero-order chi connectivity index (χ0) is 18.7. The van der Waals surface area contributed by atoms with Crippen molar-refractivity contribution in [3.63, 3.8) is 0 Å². The molecule has 0 bridgehead atoms. The van der Waals surface area contributed by atoms with E-state index in [4.69, 9.17) is 27.6 Å². The van der Waals surface area contributed by atoms with Gasteiger partial charge in [-0.3, -0.25) is 0 Å². The van der Waals surface area contributed by atoms with Crippen molar-refractivity contribution < 1.29 is 12.8 Å². The van der Waals surface area contributed by atoms with Crippen molar-refractivity contribution in [2.24, 2.45) is 0 Å². The lowest BCUT2D eigenvalue weighted by Gasteiger charge is -2.02. The molecule has 0 amide bonds. The first-order chi connectivity index (χ1) is 12.4.